The van der Waals surface area contributed by atoms with Crippen LogP contribution in [0.3, 0.4) is 0 Å². The van der Waals surface area contributed by atoms with Gasteiger partial charge in [0, 0.05) is 29.6 Å². The summed E-state index contributed by atoms with van der Waals surface area (Å²) in [6.07, 6.45) is 2.71. The lowest BCUT2D eigenvalue weighted by molar-refractivity contribution is -0.384. The molecule has 2 aromatic carbocycles. The Hall–Kier alpha value is -4.04. The molecule has 0 saturated carbocycles. The number of non-ortho nitro benzene ring substituents is 1. The number of pyridine rings is 1. The molecule has 7 nitrogen and oxygen atoms in total. The zero-order chi connectivity index (χ0) is 23.7. The largest absolute Gasteiger partial charge is 0.459 e. The second kappa shape index (κ2) is 9.07. The van der Waals surface area contributed by atoms with E-state index in [9.17, 15) is 10.1 Å². The predicted molar refractivity (Wildman–Crippen MR) is 135 cm³/mol. The molecule has 5 rings (SSSR count). The SMILES string of the molecule is CCc1ccc(N2C(=S)N[C@H](c3ccccn3)[C@H]2c2ccc(-c3cccc([N+](=O)[O-])c3)o2)cc1. The molecule has 8 heteroatoms. The number of nitro benzene ring substituents is 1. The van der Waals surface area contributed by atoms with Gasteiger partial charge in [-0.3, -0.25) is 15.1 Å². The van der Waals surface area contributed by atoms with Gasteiger partial charge >= 0.3 is 0 Å². The highest BCUT2D eigenvalue weighted by Gasteiger charge is 2.42. The first kappa shape index (κ1) is 21.8. The number of thiocarbonyl (C=S) groups is 1. The van der Waals surface area contributed by atoms with Gasteiger partial charge in [-0.1, -0.05) is 37.3 Å². The highest BCUT2D eigenvalue weighted by atomic mass is 32.1. The summed E-state index contributed by atoms with van der Waals surface area (Å²) in [5.74, 6) is 1.24. The van der Waals surface area contributed by atoms with Crippen LogP contribution in [0.25, 0.3) is 11.3 Å². The molecule has 1 aliphatic heterocycles. The zero-order valence-corrected chi connectivity index (χ0v) is 19.2. The fraction of sp³-hybridized carbons (Fsp3) is 0.154. The minimum absolute atomic E-state index is 0.0168. The summed E-state index contributed by atoms with van der Waals surface area (Å²) in [6, 6.07) is 23.7. The summed E-state index contributed by atoms with van der Waals surface area (Å²) < 4.78 is 6.29. The van der Waals surface area contributed by atoms with E-state index < -0.39 is 4.92 Å². The maximum Gasteiger partial charge on any atom is 0.270 e. The highest BCUT2D eigenvalue weighted by molar-refractivity contribution is 7.80. The van der Waals surface area contributed by atoms with Gasteiger partial charge in [0.05, 0.1) is 16.7 Å². The number of aryl methyl sites for hydroxylation is 1. The van der Waals surface area contributed by atoms with E-state index in [1.165, 1.54) is 17.7 Å². The van der Waals surface area contributed by atoms with Gasteiger partial charge in [-0.15, -0.1) is 0 Å². The minimum Gasteiger partial charge on any atom is -0.459 e. The third-order valence-corrected chi connectivity index (χ3v) is 6.30. The molecule has 4 aromatic rings. The van der Waals surface area contributed by atoms with E-state index in [4.69, 9.17) is 16.6 Å². The molecule has 0 unspecified atom stereocenters. The maximum absolute atomic E-state index is 11.2. The van der Waals surface area contributed by atoms with Crippen molar-refractivity contribution in [3.05, 3.63) is 112 Å². The molecule has 34 heavy (non-hydrogen) atoms. The van der Waals surface area contributed by atoms with Crippen LogP contribution in [0, 0.1) is 10.1 Å². The van der Waals surface area contributed by atoms with E-state index in [2.05, 4.69) is 41.5 Å². The summed E-state index contributed by atoms with van der Waals surface area (Å²) in [5.41, 5.74) is 3.69. The van der Waals surface area contributed by atoms with Gasteiger partial charge in [0.2, 0.25) is 0 Å². The first-order chi connectivity index (χ1) is 16.5. The van der Waals surface area contributed by atoms with Crippen LogP contribution in [0.5, 0.6) is 0 Å². The molecule has 1 saturated heterocycles. The van der Waals surface area contributed by atoms with E-state index in [1.54, 1.807) is 18.3 Å². The van der Waals surface area contributed by atoms with Gasteiger partial charge in [-0.25, -0.2) is 0 Å². The Labute approximate surface area is 202 Å². The average molecular weight is 471 g/mol. The number of anilines is 1. The molecular formula is C26H22N4O3S. The summed E-state index contributed by atoms with van der Waals surface area (Å²) >= 11 is 5.75. The van der Waals surface area contributed by atoms with E-state index in [0.717, 1.165) is 17.8 Å². The summed E-state index contributed by atoms with van der Waals surface area (Å²) in [6.45, 7) is 2.12. The van der Waals surface area contributed by atoms with Crippen molar-refractivity contribution in [2.75, 3.05) is 4.90 Å². The van der Waals surface area contributed by atoms with Crippen molar-refractivity contribution >= 4 is 28.7 Å². The smallest absolute Gasteiger partial charge is 0.270 e. The number of hydrogen-bond acceptors (Lipinski definition) is 5. The van der Waals surface area contributed by atoms with Gasteiger partial charge in [-0.2, -0.15) is 0 Å². The van der Waals surface area contributed by atoms with Crippen molar-refractivity contribution in [1.82, 2.24) is 10.3 Å². The van der Waals surface area contributed by atoms with E-state index in [0.29, 0.717) is 22.2 Å². The fourth-order valence-electron chi connectivity index (χ4n) is 4.25. The minimum atomic E-state index is -0.411. The summed E-state index contributed by atoms with van der Waals surface area (Å²) in [5, 5.41) is 15.2. The van der Waals surface area contributed by atoms with Crippen molar-refractivity contribution in [2.45, 2.75) is 25.4 Å². The van der Waals surface area contributed by atoms with Crippen LogP contribution in [0.15, 0.2) is 89.5 Å². The van der Waals surface area contributed by atoms with Crippen LogP contribution in [0.4, 0.5) is 11.4 Å². The zero-order valence-electron chi connectivity index (χ0n) is 18.4. The Balaban J connectivity index is 1.58. The normalized spacial score (nSPS) is 17.6. The van der Waals surface area contributed by atoms with Crippen molar-refractivity contribution in [3.8, 4) is 11.3 Å². The number of nitrogens with zero attached hydrogens (tertiary/aromatic N) is 3. The number of nitrogens with one attached hydrogen (secondary N) is 1. The molecule has 170 valence electrons. The predicted octanol–water partition coefficient (Wildman–Crippen LogP) is 5.99. The number of hydrogen-bond donors (Lipinski definition) is 1. The van der Waals surface area contributed by atoms with Crippen LogP contribution in [-0.4, -0.2) is 15.0 Å². The molecule has 1 aliphatic rings. The molecule has 1 fully saturated rings. The van der Waals surface area contributed by atoms with Gasteiger partial charge in [0.15, 0.2) is 5.11 Å². The summed E-state index contributed by atoms with van der Waals surface area (Å²) in [4.78, 5) is 17.4. The molecule has 0 bridgehead atoms. The van der Waals surface area contributed by atoms with Crippen LogP contribution in [0.1, 0.15) is 36.0 Å². The van der Waals surface area contributed by atoms with Crippen molar-refractivity contribution < 1.29 is 9.34 Å². The molecule has 0 radical (unpaired) electrons. The monoisotopic (exact) mass is 470 g/mol. The first-order valence-corrected chi connectivity index (χ1v) is 11.4. The van der Waals surface area contributed by atoms with Crippen LogP contribution in [-0.2, 0) is 6.42 Å². The Morgan fingerprint density at radius 2 is 1.91 bits per heavy atom. The Morgan fingerprint density at radius 3 is 2.62 bits per heavy atom. The molecule has 1 N–H and O–H groups in total. The van der Waals surface area contributed by atoms with Gasteiger partial charge in [0.25, 0.3) is 5.69 Å². The highest BCUT2D eigenvalue weighted by Crippen LogP contribution is 2.43. The Kier molecular flexibility index (Phi) is 5.81. The number of aromatic nitrogens is 1. The van der Waals surface area contributed by atoms with Crippen LogP contribution in [0.2, 0.25) is 0 Å². The van der Waals surface area contributed by atoms with Gasteiger partial charge in [0.1, 0.15) is 17.6 Å². The Morgan fingerprint density at radius 1 is 1.09 bits per heavy atom. The number of nitro groups is 1. The van der Waals surface area contributed by atoms with Gasteiger partial charge < -0.3 is 14.6 Å². The third kappa shape index (κ3) is 4.04. The van der Waals surface area contributed by atoms with E-state index >= 15 is 0 Å². The fourth-order valence-corrected chi connectivity index (χ4v) is 4.60. The molecule has 3 heterocycles. The summed E-state index contributed by atoms with van der Waals surface area (Å²) in [7, 11) is 0. The number of furan rings is 1. The molecule has 0 amide bonds. The number of benzene rings is 2. The van der Waals surface area contributed by atoms with E-state index in [-0.39, 0.29) is 17.8 Å². The maximum atomic E-state index is 11.2. The lowest BCUT2D eigenvalue weighted by Gasteiger charge is -2.26. The van der Waals surface area contributed by atoms with Crippen molar-refractivity contribution in [3.63, 3.8) is 0 Å². The standard InChI is InChI=1S/C26H22N4O3S/c1-2-17-9-11-19(12-10-17)29-25(24(28-26(29)34)21-8-3-4-15-27-21)23-14-13-22(33-23)18-6-5-7-20(16-18)30(31)32/h3-16,24-25H,2H2,1H3,(H,28,34)/t24-,25-/m1/s1. The topological polar surface area (TPSA) is 84.4 Å². The van der Waals surface area contributed by atoms with Gasteiger partial charge in [-0.05, 0) is 60.6 Å². The van der Waals surface area contributed by atoms with Crippen LogP contribution < -0.4 is 10.2 Å². The second-order valence-electron chi connectivity index (χ2n) is 8.03. The van der Waals surface area contributed by atoms with Crippen molar-refractivity contribution in [2.24, 2.45) is 0 Å². The quantitative estimate of drug-likeness (QED) is 0.210. The molecule has 2 atom stereocenters. The Bertz CT molecular complexity index is 1340. The van der Waals surface area contributed by atoms with Crippen LogP contribution >= 0.6 is 12.2 Å². The number of rotatable bonds is 6. The average Bonchev–Trinajstić information content (AvgIpc) is 3.49. The molecular weight excluding hydrogens is 448 g/mol. The lowest BCUT2D eigenvalue weighted by atomic mass is 10.0. The molecule has 0 aliphatic carbocycles. The van der Waals surface area contributed by atoms with Crippen molar-refractivity contribution in [1.29, 1.82) is 0 Å². The second-order valence-corrected chi connectivity index (χ2v) is 8.41. The lowest BCUT2D eigenvalue weighted by Crippen LogP contribution is -2.29. The first-order valence-electron chi connectivity index (χ1n) is 11.0. The molecule has 2 aromatic heterocycles. The molecule has 0 spiro atoms. The van der Waals surface area contributed by atoms with E-state index in [1.807, 2.05) is 35.2 Å². The third-order valence-electron chi connectivity index (χ3n) is 5.98.